The summed E-state index contributed by atoms with van der Waals surface area (Å²) in [6, 6.07) is 15.2. The molecule has 242 valence electrons. The molecule has 1 aromatic heterocycles. The molecule has 0 saturated heterocycles. The van der Waals surface area contributed by atoms with E-state index in [0.29, 0.717) is 16.7 Å². The van der Waals surface area contributed by atoms with Crippen molar-refractivity contribution in [2.75, 3.05) is 33.1 Å². The first-order valence-electron chi connectivity index (χ1n) is 14.7. The van der Waals surface area contributed by atoms with E-state index < -0.39 is 5.97 Å². The molecule has 0 amide bonds. The molecule has 0 aliphatic carbocycles. The second-order valence-electron chi connectivity index (χ2n) is 10.8. The van der Waals surface area contributed by atoms with Crippen LogP contribution in [0.15, 0.2) is 58.9 Å². The molecule has 0 radical (unpaired) electrons. The highest BCUT2D eigenvalue weighted by Crippen LogP contribution is 2.30. The molecule has 0 saturated carbocycles. The Kier molecular flexibility index (Phi) is 13.4. The lowest BCUT2D eigenvalue weighted by atomic mass is 10.0. The average Bonchev–Trinajstić information content (AvgIpc) is 3.52. The quantitative estimate of drug-likeness (QED) is 0.0541. The van der Waals surface area contributed by atoms with Crippen molar-refractivity contribution >= 4 is 57.0 Å². The highest BCUT2D eigenvalue weighted by atomic mass is 79.9. The summed E-state index contributed by atoms with van der Waals surface area (Å²) in [4.78, 5) is 46.6. The van der Waals surface area contributed by atoms with Crippen LogP contribution in [0, 0.1) is 27.7 Å². The number of benzene rings is 3. The van der Waals surface area contributed by atoms with E-state index in [4.69, 9.17) is 9.72 Å². The number of carbonyl (C=O) groups is 3. The van der Waals surface area contributed by atoms with E-state index in [9.17, 15) is 14.4 Å². The number of thiazole rings is 1. The van der Waals surface area contributed by atoms with Crippen LogP contribution in [0.5, 0.6) is 0 Å². The Hall–Kier alpha value is -4.15. The van der Waals surface area contributed by atoms with Gasteiger partial charge in [-0.05, 0) is 69.5 Å². The molecule has 10 heteroatoms. The van der Waals surface area contributed by atoms with Crippen LogP contribution in [0.2, 0.25) is 0 Å². The van der Waals surface area contributed by atoms with Gasteiger partial charge in [0.2, 0.25) is 0 Å². The van der Waals surface area contributed by atoms with Gasteiger partial charge in [-0.2, -0.15) is 0 Å². The van der Waals surface area contributed by atoms with Crippen LogP contribution in [0.4, 0.5) is 5.69 Å². The first kappa shape index (κ1) is 36.3. The molecule has 8 nitrogen and oxygen atoms in total. The summed E-state index contributed by atoms with van der Waals surface area (Å²) in [6.45, 7) is 11.0. The van der Waals surface area contributed by atoms with Gasteiger partial charge < -0.3 is 14.4 Å². The number of rotatable bonds is 10. The number of alkyl halides is 1. The molecule has 3 aromatic carbocycles. The Morgan fingerprint density at radius 3 is 2.15 bits per heavy atom. The van der Waals surface area contributed by atoms with Gasteiger partial charge in [-0.3, -0.25) is 4.79 Å². The zero-order chi connectivity index (χ0) is 34.0. The van der Waals surface area contributed by atoms with Gasteiger partial charge in [0.15, 0.2) is 5.78 Å². The number of aliphatic imine (C=N–C) groups is 1. The summed E-state index contributed by atoms with van der Waals surface area (Å²) >= 11 is 4.68. The van der Waals surface area contributed by atoms with Crippen LogP contribution in [0.25, 0.3) is 11.3 Å². The predicted octanol–water partition coefficient (Wildman–Crippen LogP) is 8.08. The fraction of sp³-hybridized carbons (Fsp3) is 0.306. The lowest BCUT2D eigenvalue weighted by Gasteiger charge is -2.11. The first-order valence-corrected chi connectivity index (χ1v) is 16.7. The maximum absolute atomic E-state index is 12.2. The number of ketones is 1. The first-order chi connectivity index (χ1) is 21.9. The normalized spacial score (nSPS) is 10.7. The van der Waals surface area contributed by atoms with Crippen molar-refractivity contribution in [1.29, 1.82) is 0 Å². The maximum Gasteiger partial charge on any atom is 0.338 e. The smallest absolute Gasteiger partial charge is 0.338 e. The Bertz CT molecular complexity index is 1750. The molecule has 0 fully saturated rings. The standard InChI is InChI=1S/C25H29N3O2S.C11H11BrO3/c1-7-28(5)15-26-22-12-17(3)19(11-18(22)4)13-24-27-23(14-31-24)20-9-8-16(2)10-21(20)25(29)30-6;1-7-3-4-8(10(13)6-12)9(5-7)11(14)15-2/h8-12,14-15H,7,13H2,1-6H3;3-5H,6H2,1-2H3. The van der Waals surface area contributed by atoms with Gasteiger partial charge in [0.1, 0.15) is 0 Å². The van der Waals surface area contributed by atoms with Gasteiger partial charge in [-0.25, -0.2) is 19.6 Å². The van der Waals surface area contributed by atoms with Crippen molar-refractivity contribution in [3.63, 3.8) is 0 Å². The lowest BCUT2D eigenvalue weighted by molar-refractivity contribution is 0.0591. The zero-order valence-corrected chi connectivity index (χ0v) is 30.0. The summed E-state index contributed by atoms with van der Waals surface area (Å²) in [6.07, 6.45) is 2.62. The zero-order valence-electron chi connectivity index (χ0n) is 27.6. The van der Waals surface area contributed by atoms with Crippen molar-refractivity contribution < 1.29 is 23.9 Å². The van der Waals surface area contributed by atoms with E-state index >= 15 is 0 Å². The molecule has 4 rings (SSSR count). The number of esters is 2. The van der Waals surface area contributed by atoms with Gasteiger partial charge in [0.05, 0.1) is 53.4 Å². The minimum atomic E-state index is -0.483. The highest BCUT2D eigenvalue weighted by Gasteiger charge is 2.18. The number of aryl methyl sites for hydroxylation is 4. The van der Waals surface area contributed by atoms with Crippen molar-refractivity contribution in [2.45, 2.75) is 41.0 Å². The Balaban J connectivity index is 0.000000322. The van der Waals surface area contributed by atoms with Crippen LogP contribution in [0.1, 0.15) is 70.8 Å². The SMILES string of the molecule is CCN(C)C=Nc1cc(C)c(Cc2nc(-c3ccc(C)cc3C(=O)OC)cs2)cc1C.COC(=O)c1cc(C)ccc1C(=O)CBr. The topological polar surface area (TPSA) is 98.2 Å². The molecule has 0 aliphatic rings. The molecule has 4 aromatic rings. The number of carbonyl (C=O) groups excluding carboxylic acids is 3. The molecule has 0 bridgehead atoms. The molecule has 0 spiro atoms. The molecule has 1 heterocycles. The number of aromatic nitrogens is 1. The second kappa shape index (κ2) is 17.0. The van der Waals surface area contributed by atoms with Gasteiger partial charge in [-0.15, -0.1) is 11.3 Å². The monoisotopic (exact) mass is 705 g/mol. The van der Waals surface area contributed by atoms with Crippen LogP contribution >= 0.6 is 27.3 Å². The highest BCUT2D eigenvalue weighted by molar-refractivity contribution is 9.09. The largest absolute Gasteiger partial charge is 0.465 e. The third-order valence-corrected chi connectivity index (χ3v) is 8.66. The van der Waals surface area contributed by atoms with Crippen LogP contribution in [-0.4, -0.2) is 67.1 Å². The average molecular weight is 707 g/mol. The number of methoxy groups -OCH3 is 2. The van der Waals surface area contributed by atoms with E-state index in [0.717, 1.165) is 51.6 Å². The number of hydrogen-bond acceptors (Lipinski definition) is 8. The van der Waals surface area contributed by atoms with E-state index in [1.807, 2.05) is 55.7 Å². The second-order valence-corrected chi connectivity index (χ2v) is 12.3. The van der Waals surface area contributed by atoms with Crippen molar-refractivity contribution in [3.8, 4) is 11.3 Å². The van der Waals surface area contributed by atoms with Gasteiger partial charge in [0.25, 0.3) is 0 Å². The minimum absolute atomic E-state index is 0.129. The summed E-state index contributed by atoms with van der Waals surface area (Å²) in [5.41, 5.74) is 9.36. The Morgan fingerprint density at radius 2 is 1.52 bits per heavy atom. The van der Waals surface area contributed by atoms with Crippen LogP contribution < -0.4 is 0 Å². The number of Topliss-reactive ketones (excluding diaryl/α,β-unsaturated/α-hetero) is 1. The summed E-state index contributed by atoms with van der Waals surface area (Å²) in [7, 11) is 4.72. The van der Waals surface area contributed by atoms with E-state index in [2.05, 4.69) is 58.6 Å². The van der Waals surface area contributed by atoms with Crippen LogP contribution in [0.3, 0.4) is 0 Å². The molecular formula is C36H40BrN3O5S. The van der Waals surface area contributed by atoms with E-state index in [1.165, 1.54) is 25.3 Å². The minimum Gasteiger partial charge on any atom is -0.465 e. The van der Waals surface area contributed by atoms with Crippen molar-refractivity contribution in [1.82, 2.24) is 9.88 Å². The third kappa shape index (κ3) is 9.43. The predicted molar refractivity (Wildman–Crippen MR) is 189 cm³/mol. The maximum atomic E-state index is 12.2. The number of nitrogens with zero attached hydrogens (tertiary/aromatic N) is 3. The number of halogens is 1. The summed E-state index contributed by atoms with van der Waals surface area (Å²) < 4.78 is 9.58. The van der Waals surface area contributed by atoms with Crippen molar-refractivity contribution in [3.05, 3.63) is 103 Å². The van der Waals surface area contributed by atoms with E-state index in [-0.39, 0.29) is 17.1 Å². The molecule has 0 aliphatic heterocycles. The lowest BCUT2D eigenvalue weighted by Crippen LogP contribution is -2.14. The van der Waals surface area contributed by atoms with Crippen LogP contribution in [-0.2, 0) is 15.9 Å². The summed E-state index contributed by atoms with van der Waals surface area (Å²) in [5, 5.41) is 3.21. The number of hydrogen-bond donors (Lipinski definition) is 0. The van der Waals surface area contributed by atoms with Gasteiger partial charge in [-0.1, -0.05) is 57.4 Å². The molecule has 0 unspecified atom stereocenters. The third-order valence-electron chi connectivity index (χ3n) is 7.30. The molecule has 0 atom stereocenters. The van der Waals surface area contributed by atoms with Crippen molar-refractivity contribution in [2.24, 2.45) is 4.99 Å². The molecule has 0 N–H and O–H groups in total. The van der Waals surface area contributed by atoms with Gasteiger partial charge in [0, 0.05) is 36.5 Å². The van der Waals surface area contributed by atoms with E-state index in [1.54, 1.807) is 29.5 Å². The molecule has 46 heavy (non-hydrogen) atoms. The Morgan fingerprint density at radius 1 is 0.891 bits per heavy atom. The fourth-order valence-electron chi connectivity index (χ4n) is 4.52. The fourth-order valence-corrected chi connectivity index (χ4v) is 5.64. The molecular weight excluding hydrogens is 666 g/mol. The number of ether oxygens (including phenoxy) is 2. The summed E-state index contributed by atoms with van der Waals surface area (Å²) in [5.74, 6) is -0.956. The van der Waals surface area contributed by atoms with Gasteiger partial charge >= 0.3 is 11.9 Å². The Labute approximate surface area is 283 Å².